The summed E-state index contributed by atoms with van der Waals surface area (Å²) in [5.41, 5.74) is 2.20. The number of fused-ring (bicyclic) bond motifs is 1. The van der Waals surface area contributed by atoms with Crippen molar-refractivity contribution in [3.8, 4) is 0 Å². The van der Waals surface area contributed by atoms with Crippen LogP contribution in [0.1, 0.15) is 21.6 Å². The molecule has 2 heterocycles. The molecule has 1 aliphatic rings. The predicted molar refractivity (Wildman–Crippen MR) is 79.9 cm³/mol. The first kappa shape index (κ1) is 14.1. The third-order valence-corrected chi connectivity index (χ3v) is 4.32. The number of hydrogen-bond donors (Lipinski definition) is 0. The molecule has 108 valence electrons. The minimum absolute atomic E-state index is 0.191. The molecule has 0 aliphatic carbocycles. The molecule has 0 fully saturated rings. The molecule has 0 N–H and O–H groups in total. The number of amides is 1. The maximum atomic E-state index is 12.2. The zero-order chi connectivity index (χ0) is 15.3. The molecule has 1 aromatic heterocycles. The second kappa shape index (κ2) is 4.86. The Bertz CT molecular complexity index is 783. The van der Waals surface area contributed by atoms with Crippen LogP contribution in [0, 0.1) is 6.92 Å². The first-order valence-electron chi connectivity index (χ1n) is 6.24. The van der Waals surface area contributed by atoms with E-state index in [-0.39, 0.29) is 17.1 Å². The second-order valence-electron chi connectivity index (χ2n) is 4.83. The lowest BCUT2D eigenvalue weighted by atomic mass is 10.1. The van der Waals surface area contributed by atoms with Crippen LogP contribution in [-0.2, 0) is 18.4 Å². The van der Waals surface area contributed by atoms with Gasteiger partial charge in [-0.1, -0.05) is 29.3 Å². The van der Waals surface area contributed by atoms with E-state index in [9.17, 15) is 9.59 Å². The van der Waals surface area contributed by atoms with Gasteiger partial charge in [-0.15, -0.1) is 0 Å². The molecular weight excluding hydrogens is 313 g/mol. The normalized spacial score (nSPS) is 14.0. The average Bonchev–Trinajstić information content (AvgIpc) is 2.82. The average molecular weight is 324 g/mol. The molecule has 0 unspecified atom stereocenters. The molecule has 5 nitrogen and oxygen atoms in total. The topological polar surface area (TPSA) is 55.2 Å². The number of Topliss-reactive ketones (excluding diaryl/α,β-unsaturated/α-hetero) is 1. The molecule has 1 amide bonds. The lowest BCUT2D eigenvalue weighted by molar-refractivity contribution is -0.114. The highest BCUT2D eigenvalue weighted by Crippen LogP contribution is 2.36. The summed E-state index contributed by atoms with van der Waals surface area (Å²) < 4.78 is 1.54. The largest absolute Gasteiger partial charge is 0.300 e. The number of rotatable bonds is 2. The van der Waals surface area contributed by atoms with Crippen LogP contribution in [0.2, 0.25) is 10.2 Å². The van der Waals surface area contributed by atoms with E-state index in [1.165, 1.54) is 9.58 Å². The van der Waals surface area contributed by atoms with Crippen LogP contribution in [0.5, 0.6) is 0 Å². The fourth-order valence-corrected chi connectivity index (χ4v) is 2.96. The fourth-order valence-electron chi connectivity index (χ4n) is 2.47. The van der Waals surface area contributed by atoms with E-state index >= 15 is 0 Å². The Hall–Kier alpha value is -1.85. The number of carbonyl (C=O) groups is 2. The van der Waals surface area contributed by atoms with Gasteiger partial charge in [-0.2, -0.15) is 5.10 Å². The molecule has 0 bridgehead atoms. The number of carbonyl (C=O) groups excluding carboxylic acids is 2. The van der Waals surface area contributed by atoms with Crippen LogP contribution < -0.4 is 4.90 Å². The first-order chi connectivity index (χ1) is 9.91. The van der Waals surface area contributed by atoms with Gasteiger partial charge >= 0.3 is 0 Å². The first-order valence-corrected chi connectivity index (χ1v) is 7.00. The van der Waals surface area contributed by atoms with Crippen LogP contribution in [0.25, 0.3) is 0 Å². The van der Waals surface area contributed by atoms with Gasteiger partial charge in [0.15, 0.2) is 0 Å². The minimum atomic E-state index is -0.600. The van der Waals surface area contributed by atoms with Crippen molar-refractivity contribution in [3.05, 3.63) is 45.2 Å². The number of anilines is 1. The van der Waals surface area contributed by atoms with Crippen LogP contribution in [0.15, 0.2) is 18.2 Å². The Morgan fingerprint density at radius 3 is 2.57 bits per heavy atom. The molecule has 0 saturated carbocycles. The lowest BCUT2D eigenvalue weighted by Gasteiger charge is -2.16. The van der Waals surface area contributed by atoms with Crippen molar-refractivity contribution >= 4 is 40.6 Å². The lowest BCUT2D eigenvalue weighted by Crippen LogP contribution is -2.29. The SMILES string of the molecule is Cc1nn(C)c(Cl)c1CN1C(=O)C(=O)c2c(Cl)cccc21. The number of ketones is 1. The molecular formula is C14H11Cl2N3O2. The van der Waals surface area contributed by atoms with Crippen molar-refractivity contribution in [2.45, 2.75) is 13.5 Å². The molecule has 21 heavy (non-hydrogen) atoms. The van der Waals surface area contributed by atoms with Crippen LogP contribution in [-0.4, -0.2) is 21.5 Å². The number of aromatic nitrogens is 2. The van der Waals surface area contributed by atoms with Gasteiger partial charge in [0.2, 0.25) is 0 Å². The van der Waals surface area contributed by atoms with Gasteiger partial charge in [-0.3, -0.25) is 14.3 Å². The van der Waals surface area contributed by atoms with Gasteiger partial charge in [-0.25, -0.2) is 0 Å². The summed E-state index contributed by atoms with van der Waals surface area (Å²) in [6.07, 6.45) is 0. The molecule has 1 aromatic carbocycles. The maximum Gasteiger partial charge on any atom is 0.299 e. The van der Waals surface area contributed by atoms with Crippen LogP contribution in [0.3, 0.4) is 0 Å². The highest BCUT2D eigenvalue weighted by atomic mass is 35.5. The van der Waals surface area contributed by atoms with Crippen LogP contribution >= 0.6 is 23.2 Å². The Labute approximate surface area is 131 Å². The van der Waals surface area contributed by atoms with Gasteiger partial charge in [0.1, 0.15) is 5.15 Å². The van der Waals surface area contributed by atoms with Gasteiger partial charge in [-0.05, 0) is 19.1 Å². The summed E-state index contributed by atoms with van der Waals surface area (Å²) in [4.78, 5) is 25.6. The standard InChI is InChI=1S/C14H11Cl2N3O2/c1-7-8(13(16)18(2)17-7)6-19-10-5-3-4-9(15)11(10)12(20)14(19)21/h3-5H,6H2,1-2H3. The zero-order valence-electron chi connectivity index (χ0n) is 11.4. The number of nitrogens with zero attached hydrogens (tertiary/aromatic N) is 3. The van der Waals surface area contributed by atoms with E-state index in [4.69, 9.17) is 23.2 Å². The van der Waals surface area contributed by atoms with Crippen LogP contribution in [0.4, 0.5) is 5.69 Å². The number of hydrogen-bond acceptors (Lipinski definition) is 3. The highest BCUT2D eigenvalue weighted by Gasteiger charge is 2.38. The number of halogens is 2. The smallest absolute Gasteiger partial charge is 0.299 e. The Balaban J connectivity index is 2.07. The molecule has 0 spiro atoms. The number of benzene rings is 1. The minimum Gasteiger partial charge on any atom is -0.300 e. The summed E-state index contributed by atoms with van der Waals surface area (Å²) in [5, 5.41) is 4.93. The van der Waals surface area contributed by atoms with Crippen molar-refractivity contribution in [3.63, 3.8) is 0 Å². The van der Waals surface area contributed by atoms with E-state index < -0.39 is 11.7 Å². The van der Waals surface area contributed by atoms with Gasteiger partial charge in [0.25, 0.3) is 11.7 Å². The third kappa shape index (κ3) is 2.04. The predicted octanol–water partition coefficient (Wildman–Crippen LogP) is 2.76. The van der Waals surface area contributed by atoms with E-state index in [2.05, 4.69) is 5.10 Å². The van der Waals surface area contributed by atoms with E-state index in [0.717, 1.165) is 5.69 Å². The Kier molecular flexibility index (Phi) is 3.26. The molecule has 0 atom stereocenters. The van der Waals surface area contributed by atoms with E-state index in [1.807, 2.05) is 6.92 Å². The zero-order valence-corrected chi connectivity index (χ0v) is 12.9. The van der Waals surface area contributed by atoms with Crippen molar-refractivity contribution in [1.29, 1.82) is 0 Å². The Morgan fingerprint density at radius 2 is 1.95 bits per heavy atom. The summed E-state index contributed by atoms with van der Waals surface area (Å²) in [6.45, 7) is 2.00. The van der Waals surface area contributed by atoms with Gasteiger partial charge in [0, 0.05) is 12.6 Å². The summed E-state index contributed by atoms with van der Waals surface area (Å²) in [6, 6.07) is 5.00. The quantitative estimate of drug-likeness (QED) is 0.798. The molecule has 0 saturated heterocycles. The van der Waals surface area contributed by atoms with Crippen molar-refractivity contribution in [1.82, 2.24) is 9.78 Å². The summed E-state index contributed by atoms with van der Waals surface area (Å²) in [5.74, 6) is -1.19. The van der Waals surface area contributed by atoms with E-state index in [1.54, 1.807) is 25.2 Å². The van der Waals surface area contributed by atoms with Crippen molar-refractivity contribution < 1.29 is 9.59 Å². The van der Waals surface area contributed by atoms with E-state index in [0.29, 0.717) is 16.4 Å². The number of aryl methyl sites for hydroxylation is 2. The van der Waals surface area contributed by atoms with Gasteiger partial charge in [0.05, 0.1) is 28.5 Å². The molecule has 0 radical (unpaired) electrons. The van der Waals surface area contributed by atoms with Crippen molar-refractivity contribution in [2.24, 2.45) is 7.05 Å². The molecule has 1 aliphatic heterocycles. The molecule has 7 heteroatoms. The fraction of sp³-hybridized carbons (Fsp3) is 0.214. The van der Waals surface area contributed by atoms with Gasteiger partial charge < -0.3 is 4.90 Å². The molecule has 2 aromatic rings. The molecule has 3 rings (SSSR count). The second-order valence-corrected chi connectivity index (χ2v) is 5.60. The maximum absolute atomic E-state index is 12.2. The third-order valence-electron chi connectivity index (χ3n) is 3.53. The monoisotopic (exact) mass is 323 g/mol. The highest BCUT2D eigenvalue weighted by molar-refractivity contribution is 6.55. The Morgan fingerprint density at radius 1 is 1.24 bits per heavy atom. The summed E-state index contributed by atoms with van der Waals surface area (Å²) >= 11 is 12.2. The van der Waals surface area contributed by atoms with Crippen molar-refractivity contribution in [2.75, 3.05) is 4.90 Å². The summed E-state index contributed by atoms with van der Waals surface area (Å²) in [7, 11) is 1.72.